The minimum Gasteiger partial charge on any atom is -0.492 e. The lowest BCUT2D eigenvalue weighted by Gasteiger charge is -2.34. The molecule has 0 aliphatic carbocycles. The van der Waals surface area contributed by atoms with Gasteiger partial charge in [0.15, 0.2) is 0 Å². The monoisotopic (exact) mass is 416 g/mol. The highest BCUT2D eigenvalue weighted by atomic mass is 16.5. The molecule has 0 radical (unpaired) electrons. The van der Waals surface area contributed by atoms with Gasteiger partial charge in [-0.15, -0.1) is 0 Å². The summed E-state index contributed by atoms with van der Waals surface area (Å²) >= 11 is 0. The number of benzene rings is 2. The lowest BCUT2D eigenvalue weighted by molar-refractivity contribution is 0.0622. The normalized spacial score (nSPS) is 15.1. The number of ether oxygens (including phenoxy) is 1. The van der Waals surface area contributed by atoms with Gasteiger partial charge in [0.25, 0.3) is 5.91 Å². The summed E-state index contributed by atoms with van der Waals surface area (Å²) in [7, 11) is 4.04. The largest absolute Gasteiger partial charge is 0.492 e. The Morgan fingerprint density at radius 1 is 0.935 bits per heavy atom. The molecule has 0 unspecified atom stereocenters. The molecule has 1 aliphatic heterocycles. The zero-order valence-corrected chi connectivity index (χ0v) is 18.1. The molecular weight excluding hydrogens is 388 g/mol. The van der Waals surface area contributed by atoms with E-state index < -0.39 is 0 Å². The summed E-state index contributed by atoms with van der Waals surface area (Å²) in [5.41, 5.74) is 3.10. The summed E-state index contributed by atoms with van der Waals surface area (Å²) in [6, 6.07) is 16.4. The molecule has 5 rings (SSSR count). The molecule has 1 aliphatic rings. The second kappa shape index (κ2) is 8.12. The summed E-state index contributed by atoms with van der Waals surface area (Å²) in [6.45, 7) is 4.75. The van der Waals surface area contributed by atoms with Gasteiger partial charge < -0.3 is 18.8 Å². The van der Waals surface area contributed by atoms with E-state index in [1.54, 1.807) is 0 Å². The Labute approximate surface area is 182 Å². The summed E-state index contributed by atoms with van der Waals surface area (Å²) in [6.07, 6.45) is 4.02. The van der Waals surface area contributed by atoms with E-state index >= 15 is 0 Å². The Morgan fingerprint density at radius 3 is 2.58 bits per heavy atom. The molecule has 6 heteroatoms. The number of nitrogens with zero attached hydrogens (tertiary/aromatic N) is 4. The van der Waals surface area contributed by atoms with Crippen LogP contribution in [0, 0.1) is 0 Å². The molecule has 3 heterocycles. The van der Waals surface area contributed by atoms with Gasteiger partial charge in [0.05, 0.1) is 5.56 Å². The molecule has 2 aromatic heterocycles. The highest BCUT2D eigenvalue weighted by Gasteiger charge is 2.24. The average Bonchev–Trinajstić information content (AvgIpc) is 3.34. The van der Waals surface area contributed by atoms with Crippen molar-refractivity contribution in [3.8, 4) is 5.75 Å². The summed E-state index contributed by atoms with van der Waals surface area (Å²) in [5, 5.41) is 2.22. The number of carbonyl (C=O) groups excluding carboxylic acids is 1. The van der Waals surface area contributed by atoms with E-state index in [1.165, 1.54) is 10.9 Å². The third-order valence-corrected chi connectivity index (χ3v) is 6.32. The molecule has 1 saturated heterocycles. The first-order valence-corrected chi connectivity index (χ1v) is 10.8. The van der Waals surface area contributed by atoms with Gasteiger partial charge in [-0.3, -0.25) is 9.69 Å². The van der Waals surface area contributed by atoms with Crippen molar-refractivity contribution in [2.45, 2.75) is 0 Å². The predicted octanol–water partition coefficient (Wildman–Crippen LogP) is 3.51. The third kappa shape index (κ3) is 3.79. The number of aromatic nitrogens is 2. The first-order chi connectivity index (χ1) is 15.1. The molecule has 160 valence electrons. The maximum atomic E-state index is 13.1. The molecule has 0 bridgehead atoms. The van der Waals surface area contributed by atoms with Gasteiger partial charge in [-0.1, -0.05) is 18.2 Å². The molecule has 0 N–H and O–H groups in total. The highest BCUT2D eigenvalue weighted by molar-refractivity contribution is 6.07. The van der Waals surface area contributed by atoms with E-state index in [0.29, 0.717) is 6.61 Å². The molecule has 4 aromatic rings. The van der Waals surface area contributed by atoms with Gasteiger partial charge in [-0.25, -0.2) is 0 Å². The predicted molar refractivity (Wildman–Crippen MR) is 124 cm³/mol. The van der Waals surface area contributed by atoms with Crippen molar-refractivity contribution < 1.29 is 9.53 Å². The van der Waals surface area contributed by atoms with E-state index in [-0.39, 0.29) is 5.91 Å². The fourth-order valence-electron chi connectivity index (χ4n) is 4.50. The van der Waals surface area contributed by atoms with Crippen LogP contribution >= 0.6 is 0 Å². The number of rotatable bonds is 5. The van der Waals surface area contributed by atoms with Crippen molar-refractivity contribution in [2.24, 2.45) is 14.1 Å². The molecule has 0 spiro atoms. The Kier molecular flexibility index (Phi) is 5.16. The Balaban J connectivity index is 1.14. The number of hydrogen-bond acceptors (Lipinski definition) is 3. The van der Waals surface area contributed by atoms with Crippen molar-refractivity contribution in [3.05, 3.63) is 66.5 Å². The Bertz CT molecular complexity index is 1230. The first kappa shape index (κ1) is 19.7. The molecule has 1 fully saturated rings. The molecule has 0 atom stereocenters. The van der Waals surface area contributed by atoms with Crippen LogP contribution in [0.2, 0.25) is 0 Å². The zero-order valence-electron chi connectivity index (χ0n) is 18.1. The van der Waals surface area contributed by atoms with Crippen LogP contribution in [0.5, 0.6) is 5.75 Å². The maximum absolute atomic E-state index is 13.1. The lowest BCUT2D eigenvalue weighted by atomic mass is 10.1. The van der Waals surface area contributed by atoms with Crippen LogP contribution in [0.25, 0.3) is 21.8 Å². The first-order valence-electron chi connectivity index (χ1n) is 10.8. The van der Waals surface area contributed by atoms with E-state index in [2.05, 4.69) is 39.9 Å². The molecule has 6 nitrogen and oxygen atoms in total. The Hall–Kier alpha value is -3.25. The van der Waals surface area contributed by atoms with Gasteiger partial charge in [0.2, 0.25) is 0 Å². The summed E-state index contributed by atoms with van der Waals surface area (Å²) in [5.74, 6) is 1.03. The second-order valence-electron chi connectivity index (χ2n) is 8.30. The fourth-order valence-corrected chi connectivity index (χ4v) is 4.50. The van der Waals surface area contributed by atoms with Crippen LogP contribution in [0.1, 0.15) is 10.4 Å². The minimum absolute atomic E-state index is 0.129. The van der Waals surface area contributed by atoms with E-state index in [0.717, 1.165) is 54.9 Å². The van der Waals surface area contributed by atoms with Gasteiger partial charge in [0.1, 0.15) is 12.4 Å². The highest BCUT2D eigenvalue weighted by Crippen LogP contribution is 2.23. The standard InChI is InChI=1S/C25H28N4O2/c1-26-10-9-19-17-20(7-8-23(19)26)31-16-15-28-11-13-29(14-12-28)25(30)22-18-27(2)24-6-4-3-5-21(22)24/h3-10,17-18H,11-16H2,1-2H3. The average molecular weight is 417 g/mol. The maximum Gasteiger partial charge on any atom is 0.256 e. The summed E-state index contributed by atoms with van der Waals surface area (Å²) < 4.78 is 10.1. The third-order valence-electron chi connectivity index (χ3n) is 6.32. The molecule has 0 saturated carbocycles. The van der Waals surface area contributed by atoms with Gasteiger partial charge >= 0.3 is 0 Å². The van der Waals surface area contributed by atoms with Gasteiger partial charge in [-0.05, 0) is 30.3 Å². The number of piperazine rings is 1. The van der Waals surface area contributed by atoms with Crippen molar-refractivity contribution in [2.75, 3.05) is 39.3 Å². The van der Waals surface area contributed by atoms with Crippen LogP contribution in [0.3, 0.4) is 0 Å². The number of carbonyl (C=O) groups is 1. The van der Waals surface area contributed by atoms with Crippen molar-refractivity contribution in [1.82, 2.24) is 18.9 Å². The number of fused-ring (bicyclic) bond motifs is 2. The topological polar surface area (TPSA) is 42.6 Å². The fraction of sp³-hybridized carbons (Fsp3) is 0.320. The van der Waals surface area contributed by atoms with Crippen LogP contribution in [0.4, 0.5) is 0 Å². The lowest BCUT2D eigenvalue weighted by Crippen LogP contribution is -2.49. The van der Waals surface area contributed by atoms with Crippen LogP contribution < -0.4 is 4.74 Å². The number of para-hydroxylation sites is 1. The SMILES string of the molecule is Cn1ccc2cc(OCCN3CCN(C(=O)c4cn(C)c5ccccc45)CC3)ccc21. The van der Waals surface area contributed by atoms with Crippen LogP contribution in [-0.2, 0) is 14.1 Å². The molecular formula is C25H28N4O2. The van der Waals surface area contributed by atoms with Crippen molar-refractivity contribution in [1.29, 1.82) is 0 Å². The van der Waals surface area contributed by atoms with Crippen LogP contribution in [-0.4, -0.2) is 64.2 Å². The van der Waals surface area contributed by atoms with Gasteiger partial charge in [0, 0.05) is 81.0 Å². The van der Waals surface area contributed by atoms with Gasteiger partial charge in [-0.2, -0.15) is 0 Å². The second-order valence-corrected chi connectivity index (χ2v) is 8.30. The number of hydrogen-bond donors (Lipinski definition) is 0. The molecule has 31 heavy (non-hydrogen) atoms. The summed E-state index contributed by atoms with van der Waals surface area (Å²) in [4.78, 5) is 17.5. The van der Waals surface area contributed by atoms with Crippen molar-refractivity contribution in [3.63, 3.8) is 0 Å². The quantitative estimate of drug-likeness (QED) is 0.500. The smallest absolute Gasteiger partial charge is 0.256 e. The van der Waals surface area contributed by atoms with E-state index in [9.17, 15) is 4.79 Å². The molecule has 1 amide bonds. The zero-order chi connectivity index (χ0) is 21.4. The van der Waals surface area contributed by atoms with Crippen LogP contribution in [0.15, 0.2) is 60.9 Å². The molecule has 2 aromatic carbocycles. The van der Waals surface area contributed by atoms with E-state index in [1.807, 2.05) is 54.0 Å². The number of aryl methyl sites for hydroxylation is 2. The Morgan fingerprint density at radius 2 is 1.74 bits per heavy atom. The number of amides is 1. The van der Waals surface area contributed by atoms with Crippen molar-refractivity contribution >= 4 is 27.7 Å². The van der Waals surface area contributed by atoms with E-state index in [4.69, 9.17) is 4.74 Å². The minimum atomic E-state index is 0.129.